The Morgan fingerprint density at radius 3 is 1.25 bits per heavy atom. The molecule has 0 amide bonds. The van der Waals surface area contributed by atoms with Crippen molar-refractivity contribution in [3.8, 4) is 34.8 Å². The Bertz CT molecular complexity index is 2310. The number of halogens is 6. The Kier molecular flexibility index (Phi) is 11.5. The van der Waals surface area contributed by atoms with Crippen LogP contribution >= 0.6 is 0 Å². The van der Waals surface area contributed by atoms with Crippen LogP contribution in [0.5, 0.6) is 34.8 Å². The van der Waals surface area contributed by atoms with Crippen LogP contribution in [0.4, 0.5) is 37.7 Å². The SMILES string of the molecule is O=[N+]([O-])c1ccc(Oc2ccc3c(c2)CCC(c2ccc(C(F)(F)F)cc2)O3)nc1.O=[N+]([O-])c1ccc(Oc2ccc3c(c2)CCC(c2ccc(C(F)(F)F)cc2)O3)nc1. The molecule has 0 radical (unpaired) electrons. The molecule has 2 aromatic heterocycles. The lowest BCUT2D eigenvalue weighted by molar-refractivity contribution is -0.385. The molecule has 2 unspecified atom stereocenters. The summed E-state index contributed by atoms with van der Waals surface area (Å²) in [5, 5.41) is 21.4. The molecule has 0 spiro atoms. The van der Waals surface area contributed by atoms with Gasteiger partial charge in [-0.1, -0.05) is 24.3 Å². The number of nitrogens with zero attached hydrogens (tertiary/aromatic N) is 4. The molecule has 8 rings (SSSR count). The minimum Gasteiger partial charge on any atom is -0.485 e. The molecule has 308 valence electrons. The highest BCUT2D eigenvalue weighted by Crippen LogP contribution is 2.40. The normalized spacial score (nSPS) is 15.8. The molecule has 2 aliphatic rings. The summed E-state index contributed by atoms with van der Waals surface area (Å²) >= 11 is 0. The van der Waals surface area contributed by atoms with Crippen LogP contribution in [-0.4, -0.2) is 19.8 Å². The first-order chi connectivity index (χ1) is 28.6. The van der Waals surface area contributed by atoms with Crippen LogP contribution in [0, 0.1) is 20.2 Å². The van der Waals surface area contributed by atoms with Gasteiger partial charge in [0.1, 0.15) is 47.6 Å². The van der Waals surface area contributed by atoms with E-state index in [0.717, 1.165) is 47.8 Å². The highest BCUT2D eigenvalue weighted by Gasteiger charge is 2.32. The van der Waals surface area contributed by atoms with Crippen LogP contribution in [0.25, 0.3) is 0 Å². The van der Waals surface area contributed by atoms with E-state index in [2.05, 4.69) is 9.97 Å². The maximum Gasteiger partial charge on any atom is 0.416 e. The van der Waals surface area contributed by atoms with Crippen molar-refractivity contribution in [1.82, 2.24) is 9.97 Å². The average Bonchev–Trinajstić information content (AvgIpc) is 3.23. The first-order valence-corrected chi connectivity index (χ1v) is 18.1. The summed E-state index contributed by atoms with van der Waals surface area (Å²) < 4.78 is 99.6. The van der Waals surface area contributed by atoms with E-state index in [4.69, 9.17) is 18.9 Å². The second-order valence-corrected chi connectivity index (χ2v) is 13.5. The van der Waals surface area contributed by atoms with Crippen molar-refractivity contribution < 1.29 is 55.1 Å². The molecule has 4 heterocycles. The Hall–Kier alpha value is -7.24. The van der Waals surface area contributed by atoms with Gasteiger partial charge in [0, 0.05) is 24.3 Å². The first-order valence-electron chi connectivity index (χ1n) is 18.1. The standard InChI is InChI=1S/2C21H15F3N2O4/c2*22-21(23,24)15-4-1-13(2-5-15)18-8-3-14-11-17(7-9-19(14)30-18)29-20-10-6-16(12-25-20)26(27)28/h2*1-2,4-7,9-12,18H,3,8H2. The van der Waals surface area contributed by atoms with Crippen LogP contribution in [0.1, 0.15) is 58.4 Å². The molecular formula is C42H30F6N4O8. The third-order valence-corrected chi connectivity index (χ3v) is 9.48. The van der Waals surface area contributed by atoms with Gasteiger partial charge in [-0.3, -0.25) is 20.2 Å². The molecule has 12 nitrogen and oxygen atoms in total. The predicted molar refractivity (Wildman–Crippen MR) is 201 cm³/mol. The van der Waals surface area contributed by atoms with E-state index in [-0.39, 0.29) is 35.3 Å². The highest BCUT2D eigenvalue weighted by molar-refractivity contribution is 5.45. The van der Waals surface area contributed by atoms with E-state index in [1.54, 1.807) is 36.4 Å². The van der Waals surface area contributed by atoms with Gasteiger partial charge in [0.15, 0.2) is 0 Å². The van der Waals surface area contributed by atoms with Crippen molar-refractivity contribution in [1.29, 1.82) is 0 Å². The van der Waals surface area contributed by atoms with Gasteiger partial charge in [0.2, 0.25) is 11.8 Å². The van der Waals surface area contributed by atoms with Crippen LogP contribution in [0.15, 0.2) is 122 Å². The number of hydrogen-bond donors (Lipinski definition) is 0. The third kappa shape index (κ3) is 9.88. The summed E-state index contributed by atoms with van der Waals surface area (Å²) in [7, 11) is 0. The Morgan fingerprint density at radius 2 is 0.933 bits per heavy atom. The predicted octanol–water partition coefficient (Wildman–Crippen LogP) is 11.7. The molecular weight excluding hydrogens is 802 g/mol. The van der Waals surface area contributed by atoms with Gasteiger partial charge in [-0.2, -0.15) is 26.3 Å². The Labute approximate surface area is 336 Å². The lowest BCUT2D eigenvalue weighted by Crippen LogP contribution is -2.15. The average molecular weight is 833 g/mol. The van der Waals surface area contributed by atoms with Gasteiger partial charge in [-0.15, -0.1) is 0 Å². The summed E-state index contributed by atoms with van der Waals surface area (Å²) in [5.41, 5.74) is 1.53. The molecule has 0 aliphatic carbocycles. The van der Waals surface area contributed by atoms with E-state index in [1.165, 1.54) is 48.5 Å². The smallest absolute Gasteiger partial charge is 0.416 e. The quantitative estimate of drug-likeness (QED) is 0.0824. The summed E-state index contributed by atoms with van der Waals surface area (Å²) in [5.74, 6) is 2.73. The minimum absolute atomic E-state index is 0.129. The molecule has 0 saturated heterocycles. The van der Waals surface area contributed by atoms with Gasteiger partial charge in [-0.25, -0.2) is 9.97 Å². The number of fused-ring (bicyclic) bond motifs is 2. The molecule has 18 heteroatoms. The van der Waals surface area contributed by atoms with Crippen molar-refractivity contribution in [2.45, 2.75) is 50.2 Å². The lowest BCUT2D eigenvalue weighted by Gasteiger charge is -2.27. The number of alkyl halides is 6. The van der Waals surface area contributed by atoms with Crippen molar-refractivity contribution in [3.63, 3.8) is 0 Å². The van der Waals surface area contributed by atoms with Crippen LogP contribution in [0.2, 0.25) is 0 Å². The highest BCUT2D eigenvalue weighted by atomic mass is 19.4. The third-order valence-electron chi connectivity index (χ3n) is 9.48. The first kappa shape index (κ1) is 40.9. The summed E-state index contributed by atoms with van der Waals surface area (Å²) in [4.78, 5) is 28.1. The Morgan fingerprint density at radius 1 is 0.550 bits per heavy atom. The van der Waals surface area contributed by atoms with Crippen LogP contribution in [0.3, 0.4) is 0 Å². The zero-order chi connectivity index (χ0) is 42.6. The largest absolute Gasteiger partial charge is 0.485 e. The zero-order valence-corrected chi connectivity index (χ0v) is 30.9. The number of ether oxygens (including phenoxy) is 4. The minimum atomic E-state index is -4.37. The number of aryl methyl sites for hydroxylation is 2. The van der Waals surface area contributed by atoms with Gasteiger partial charge in [-0.05, 0) is 109 Å². The number of rotatable bonds is 8. The van der Waals surface area contributed by atoms with E-state index in [0.29, 0.717) is 59.8 Å². The van der Waals surface area contributed by atoms with Crippen molar-refractivity contribution in [3.05, 3.63) is 175 Å². The molecule has 0 N–H and O–H groups in total. The van der Waals surface area contributed by atoms with E-state index >= 15 is 0 Å². The van der Waals surface area contributed by atoms with E-state index in [9.17, 15) is 46.6 Å². The zero-order valence-electron chi connectivity index (χ0n) is 30.9. The second kappa shape index (κ2) is 16.9. The number of nitro groups is 2. The molecule has 6 aromatic rings. The number of pyridine rings is 2. The van der Waals surface area contributed by atoms with E-state index < -0.39 is 33.3 Å². The van der Waals surface area contributed by atoms with Crippen LogP contribution < -0.4 is 18.9 Å². The van der Waals surface area contributed by atoms with E-state index in [1.807, 2.05) is 0 Å². The fourth-order valence-electron chi connectivity index (χ4n) is 6.42. The fourth-order valence-corrected chi connectivity index (χ4v) is 6.42. The van der Waals surface area contributed by atoms with Crippen molar-refractivity contribution in [2.24, 2.45) is 0 Å². The summed E-state index contributed by atoms with van der Waals surface area (Å²) in [6, 6.07) is 25.8. The Balaban J connectivity index is 0.000000181. The fraction of sp³-hybridized carbons (Fsp3) is 0.190. The molecule has 60 heavy (non-hydrogen) atoms. The second-order valence-electron chi connectivity index (χ2n) is 13.5. The number of benzene rings is 4. The molecule has 0 saturated carbocycles. The monoisotopic (exact) mass is 832 g/mol. The maximum atomic E-state index is 12.7. The molecule has 0 bridgehead atoms. The van der Waals surface area contributed by atoms with Gasteiger partial charge >= 0.3 is 12.4 Å². The molecule has 2 aliphatic heterocycles. The maximum absolute atomic E-state index is 12.7. The lowest BCUT2D eigenvalue weighted by atomic mass is 9.96. The van der Waals surface area contributed by atoms with Crippen molar-refractivity contribution >= 4 is 11.4 Å². The number of aromatic nitrogens is 2. The summed E-state index contributed by atoms with van der Waals surface area (Å²) in [6.07, 6.45) is -4.63. The molecule has 0 fully saturated rings. The topological polar surface area (TPSA) is 149 Å². The molecule has 4 aromatic carbocycles. The summed E-state index contributed by atoms with van der Waals surface area (Å²) in [6.45, 7) is 0. The molecule has 2 atom stereocenters. The van der Waals surface area contributed by atoms with Crippen LogP contribution in [-0.2, 0) is 25.2 Å². The van der Waals surface area contributed by atoms with Gasteiger partial charge in [0.05, 0.1) is 21.0 Å². The van der Waals surface area contributed by atoms with Gasteiger partial charge in [0.25, 0.3) is 11.4 Å². The number of hydrogen-bond acceptors (Lipinski definition) is 10. The van der Waals surface area contributed by atoms with Gasteiger partial charge < -0.3 is 18.9 Å². The van der Waals surface area contributed by atoms with Crippen molar-refractivity contribution in [2.75, 3.05) is 0 Å².